The van der Waals surface area contributed by atoms with Crippen molar-refractivity contribution in [1.82, 2.24) is 14.8 Å². The summed E-state index contributed by atoms with van der Waals surface area (Å²) >= 11 is 0. The van der Waals surface area contributed by atoms with E-state index in [4.69, 9.17) is 14.5 Å². The van der Waals surface area contributed by atoms with E-state index in [1.165, 1.54) is 0 Å². The average molecular weight is 566 g/mol. The molecular formula is C33H35N5O4. The van der Waals surface area contributed by atoms with Crippen molar-refractivity contribution in [3.8, 4) is 11.5 Å². The van der Waals surface area contributed by atoms with Crippen molar-refractivity contribution in [1.29, 1.82) is 0 Å². The van der Waals surface area contributed by atoms with Crippen LogP contribution in [0.5, 0.6) is 11.5 Å². The normalized spacial score (nSPS) is 15.4. The molecule has 6 rings (SSSR count). The molecule has 42 heavy (non-hydrogen) atoms. The standard InChI is InChI=1S/C33H35N5O4/c1-3-37-12-14-38(15-13-37)21-27-9-5-23-18-24(6-10-28(23)34-27)33(40)36-29-20-26(8-4-22(29)2)35-32(39)25-7-11-30-31(19-25)42-17-16-41-30/h4-11,18-20H,3,12-17,21H2,1-2H3,(H,35,39)(H,36,40). The molecule has 2 aliphatic heterocycles. The Morgan fingerprint density at radius 3 is 2.31 bits per heavy atom. The van der Waals surface area contributed by atoms with Gasteiger partial charge >= 0.3 is 0 Å². The van der Waals surface area contributed by atoms with Crippen LogP contribution >= 0.6 is 0 Å². The van der Waals surface area contributed by atoms with Crippen LogP contribution in [0.25, 0.3) is 10.9 Å². The third kappa shape index (κ3) is 6.22. The Balaban J connectivity index is 1.11. The summed E-state index contributed by atoms with van der Waals surface area (Å²) in [6.45, 7) is 11.3. The number of aromatic nitrogens is 1. The lowest BCUT2D eigenvalue weighted by Crippen LogP contribution is -2.45. The van der Waals surface area contributed by atoms with Crippen LogP contribution in [0.3, 0.4) is 0 Å². The molecule has 0 spiro atoms. The Labute approximate surface area is 245 Å². The van der Waals surface area contributed by atoms with Gasteiger partial charge in [-0.05, 0) is 73.6 Å². The summed E-state index contributed by atoms with van der Waals surface area (Å²) in [6, 6.07) is 20.2. The third-order valence-corrected chi connectivity index (χ3v) is 7.85. The minimum absolute atomic E-state index is 0.229. The van der Waals surface area contributed by atoms with Gasteiger partial charge in [-0.2, -0.15) is 0 Å². The molecule has 4 aromatic rings. The number of hydrogen-bond acceptors (Lipinski definition) is 7. The van der Waals surface area contributed by atoms with Gasteiger partial charge in [0, 0.05) is 60.6 Å². The topological polar surface area (TPSA) is 96.0 Å². The van der Waals surface area contributed by atoms with Crippen molar-refractivity contribution in [2.75, 3.05) is 56.6 Å². The molecule has 0 atom stereocenters. The minimum Gasteiger partial charge on any atom is -0.486 e. The molecule has 0 saturated carbocycles. The Kier molecular flexibility index (Phi) is 8.03. The van der Waals surface area contributed by atoms with Crippen molar-refractivity contribution < 1.29 is 19.1 Å². The van der Waals surface area contributed by atoms with Crippen LogP contribution in [0.4, 0.5) is 11.4 Å². The number of benzene rings is 3. The molecule has 0 radical (unpaired) electrons. The number of amides is 2. The van der Waals surface area contributed by atoms with E-state index in [0.29, 0.717) is 47.2 Å². The quantitative estimate of drug-likeness (QED) is 0.327. The number of carbonyl (C=O) groups is 2. The first-order chi connectivity index (χ1) is 20.4. The Morgan fingerprint density at radius 1 is 0.786 bits per heavy atom. The number of ether oxygens (including phenoxy) is 2. The van der Waals surface area contributed by atoms with E-state index in [1.54, 1.807) is 30.3 Å². The first-order valence-electron chi connectivity index (χ1n) is 14.4. The lowest BCUT2D eigenvalue weighted by Gasteiger charge is -2.33. The molecule has 3 heterocycles. The maximum atomic E-state index is 13.2. The van der Waals surface area contributed by atoms with Gasteiger partial charge in [-0.3, -0.25) is 19.5 Å². The third-order valence-electron chi connectivity index (χ3n) is 7.85. The van der Waals surface area contributed by atoms with Gasteiger partial charge in [-0.15, -0.1) is 0 Å². The zero-order valence-electron chi connectivity index (χ0n) is 24.0. The van der Waals surface area contributed by atoms with E-state index in [0.717, 1.165) is 61.4 Å². The monoisotopic (exact) mass is 565 g/mol. The second kappa shape index (κ2) is 12.2. The maximum absolute atomic E-state index is 13.2. The molecule has 1 saturated heterocycles. The van der Waals surface area contributed by atoms with E-state index in [-0.39, 0.29) is 11.8 Å². The number of piperazine rings is 1. The first-order valence-corrected chi connectivity index (χ1v) is 14.4. The van der Waals surface area contributed by atoms with Crippen LogP contribution in [-0.2, 0) is 6.54 Å². The largest absolute Gasteiger partial charge is 0.486 e. The van der Waals surface area contributed by atoms with Gasteiger partial charge in [0.15, 0.2) is 11.5 Å². The molecule has 9 heteroatoms. The van der Waals surface area contributed by atoms with E-state index in [2.05, 4.69) is 27.4 Å². The molecule has 2 aliphatic rings. The number of fused-ring (bicyclic) bond motifs is 2. The van der Waals surface area contributed by atoms with E-state index in [1.807, 2.05) is 43.3 Å². The summed E-state index contributed by atoms with van der Waals surface area (Å²) in [7, 11) is 0. The molecule has 0 aliphatic carbocycles. The molecule has 1 aromatic heterocycles. The predicted octanol–water partition coefficient (Wildman–Crippen LogP) is 4.96. The smallest absolute Gasteiger partial charge is 0.255 e. The highest BCUT2D eigenvalue weighted by atomic mass is 16.6. The van der Waals surface area contributed by atoms with Gasteiger partial charge in [-0.25, -0.2) is 0 Å². The van der Waals surface area contributed by atoms with Gasteiger partial charge in [0.25, 0.3) is 11.8 Å². The summed E-state index contributed by atoms with van der Waals surface area (Å²) in [6.07, 6.45) is 0. The molecule has 2 amide bonds. The maximum Gasteiger partial charge on any atom is 0.255 e. The summed E-state index contributed by atoms with van der Waals surface area (Å²) in [5, 5.41) is 6.83. The number of carbonyl (C=O) groups excluding carboxylic acids is 2. The first kappa shape index (κ1) is 27.7. The zero-order chi connectivity index (χ0) is 29.1. The van der Waals surface area contributed by atoms with Crippen LogP contribution in [0.1, 0.15) is 38.9 Å². The average Bonchev–Trinajstić information content (AvgIpc) is 3.02. The number of hydrogen-bond donors (Lipinski definition) is 2. The van der Waals surface area contributed by atoms with Gasteiger partial charge in [0.2, 0.25) is 0 Å². The number of pyridine rings is 1. The van der Waals surface area contributed by atoms with Gasteiger partial charge in [0.05, 0.1) is 11.2 Å². The SMILES string of the molecule is CCN1CCN(Cc2ccc3cc(C(=O)Nc4cc(NC(=O)c5ccc6c(c5)OCCO6)ccc4C)ccc3n2)CC1. The second-order valence-corrected chi connectivity index (χ2v) is 10.7. The van der Waals surface area contributed by atoms with Crippen molar-refractivity contribution in [3.05, 3.63) is 89.1 Å². The zero-order valence-corrected chi connectivity index (χ0v) is 24.0. The Bertz CT molecular complexity index is 1630. The molecule has 1 fully saturated rings. The fourth-order valence-electron chi connectivity index (χ4n) is 5.31. The van der Waals surface area contributed by atoms with Crippen LogP contribution in [-0.4, -0.2) is 72.5 Å². The summed E-state index contributed by atoms with van der Waals surface area (Å²) < 4.78 is 11.1. The minimum atomic E-state index is -0.280. The van der Waals surface area contributed by atoms with E-state index in [9.17, 15) is 9.59 Å². The highest BCUT2D eigenvalue weighted by Gasteiger charge is 2.18. The summed E-state index contributed by atoms with van der Waals surface area (Å²) in [4.78, 5) is 35.9. The molecule has 3 aromatic carbocycles. The van der Waals surface area contributed by atoms with Crippen LogP contribution in [0.15, 0.2) is 66.7 Å². The molecular weight excluding hydrogens is 530 g/mol. The second-order valence-electron chi connectivity index (χ2n) is 10.7. The van der Waals surface area contributed by atoms with Crippen molar-refractivity contribution in [2.24, 2.45) is 0 Å². The van der Waals surface area contributed by atoms with E-state index < -0.39 is 0 Å². The molecule has 0 bridgehead atoms. The lowest BCUT2D eigenvalue weighted by molar-refractivity contribution is 0.101. The number of likely N-dealkylation sites (N-methyl/N-ethyl adjacent to an activating group) is 1. The highest BCUT2D eigenvalue weighted by molar-refractivity contribution is 6.08. The predicted molar refractivity (Wildman–Crippen MR) is 164 cm³/mol. The van der Waals surface area contributed by atoms with Crippen molar-refractivity contribution >= 4 is 34.1 Å². The molecule has 216 valence electrons. The number of aryl methyl sites for hydroxylation is 1. The van der Waals surface area contributed by atoms with Crippen LogP contribution in [0, 0.1) is 6.92 Å². The number of rotatable bonds is 7. The number of nitrogens with one attached hydrogen (secondary N) is 2. The van der Waals surface area contributed by atoms with Crippen molar-refractivity contribution in [2.45, 2.75) is 20.4 Å². The van der Waals surface area contributed by atoms with Gasteiger partial charge in [-0.1, -0.05) is 19.1 Å². The van der Waals surface area contributed by atoms with Crippen molar-refractivity contribution in [3.63, 3.8) is 0 Å². The number of anilines is 2. The highest BCUT2D eigenvalue weighted by Crippen LogP contribution is 2.31. The summed E-state index contributed by atoms with van der Waals surface area (Å²) in [5.74, 6) is 0.674. The van der Waals surface area contributed by atoms with Crippen LogP contribution in [0.2, 0.25) is 0 Å². The summed E-state index contributed by atoms with van der Waals surface area (Å²) in [5.41, 5.74) is 4.98. The number of nitrogens with zero attached hydrogens (tertiary/aromatic N) is 3. The fraction of sp³-hybridized carbons (Fsp3) is 0.303. The molecule has 0 unspecified atom stereocenters. The van der Waals surface area contributed by atoms with Crippen LogP contribution < -0.4 is 20.1 Å². The lowest BCUT2D eigenvalue weighted by atomic mass is 10.1. The molecule has 9 nitrogen and oxygen atoms in total. The fourth-order valence-corrected chi connectivity index (χ4v) is 5.31. The Hall–Kier alpha value is -4.47. The Morgan fingerprint density at radius 2 is 1.50 bits per heavy atom. The van der Waals surface area contributed by atoms with Gasteiger partial charge < -0.3 is 25.0 Å². The van der Waals surface area contributed by atoms with E-state index >= 15 is 0 Å². The molecule has 2 N–H and O–H groups in total. The van der Waals surface area contributed by atoms with Gasteiger partial charge in [0.1, 0.15) is 13.2 Å².